The van der Waals surface area contributed by atoms with Crippen LogP contribution in [-0.4, -0.2) is 31.0 Å². The predicted octanol–water partition coefficient (Wildman–Crippen LogP) is 5.62. The second-order valence-corrected chi connectivity index (χ2v) is 9.80. The van der Waals surface area contributed by atoms with Crippen LogP contribution in [0.3, 0.4) is 0 Å². The molecule has 0 saturated carbocycles. The quantitative estimate of drug-likeness (QED) is 0.255. The average Bonchev–Trinajstić information content (AvgIpc) is 3.31. The van der Waals surface area contributed by atoms with Crippen LogP contribution in [0.5, 0.6) is 5.75 Å². The summed E-state index contributed by atoms with van der Waals surface area (Å²) in [5.41, 5.74) is -0.529. The fourth-order valence-electron chi connectivity index (χ4n) is 4.37. The van der Waals surface area contributed by atoms with Gasteiger partial charge in [0.15, 0.2) is 5.49 Å². The molecule has 1 amide bonds. The lowest BCUT2D eigenvalue weighted by molar-refractivity contribution is -0.138. The molecule has 2 aromatic carbocycles. The highest BCUT2D eigenvalue weighted by Crippen LogP contribution is 2.43. The first kappa shape index (κ1) is 25.6. The molecule has 38 heavy (non-hydrogen) atoms. The molecule has 8 nitrogen and oxygen atoms in total. The number of nitrogens with zero attached hydrogens (tertiary/aromatic N) is 4. The molecule has 0 bridgehead atoms. The van der Waals surface area contributed by atoms with Crippen LogP contribution >= 0.6 is 11.6 Å². The number of benzene rings is 2. The molecular weight excluding hydrogens is 530 g/mol. The van der Waals surface area contributed by atoms with Gasteiger partial charge in [-0.1, -0.05) is 17.7 Å². The number of carbonyl (C=O) groups excluding carboxylic acids is 1. The number of rotatable bonds is 3. The van der Waals surface area contributed by atoms with Gasteiger partial charge in [0.1, 0.15) is 17.2 Å². The number of para-hydroxylation sites is 1. The van der Waals surface area contributed by atoms with Crippen LogP contribution in [0.25, 0.3) is 11.0 Å². The third-order valence-corrected chi connectivity index (χ3v) is 6.38. The van der Waals surface area contributed by atoms with Gasteiger partial charge in [0, 0.05) is 19.0 Å². The van der Waals surface area contributed by atoms with Gasteiger partial charge in [-0.25, -0.2) is 9.37 Å². The number of aromatic nitrogens is 3. The molecule has 2 aromatic heterocycles. The third-order valence-electron chi connectivity index (χ3n) is 6.07. The first-order valence-corrected chi connectivity index (χ1v) is 11.6. The molecule has 13 heteroatoms. The summed E-state index contributed by atoms with van der Waals surface area (Å²) in [7, 11) is 1.71. The maximum absolute atomic E-state index is 14.4. The highest BCUT2D eigenvalue weighted by Gasteiger charge is 2.37. The second-order valence-electron chi connectivity index (χ2n) is 9.39. The number of imidazole rings is 1. The largest absolute Gasteiger partial charge is 0.486 e. The van der Waals surface area contributed by atoms with E-state index in [0.29, 0.717) is 35.3 Å². The Bertz CT molecular complexity index is 1670. The Labute approximate surface area is 217 Å². The van der Waals surface area contributed by atoms with Crippen LogP contribution in [-0.2, 0) is 19.6 Å². The Hall–Kier alpha value is -4.06. The number of pyridine rings is 1. The zero-order chi connectivity index (χ0) is 27.6. The number of carbonyl (C=O) groups is 1. The third kappa shape index (κ3) is 4.44. The van der Waals surface area contributed by atoms with Crippen molar-refractivity contribution in [1.29, 1.82) is 0 Å². The Morgan fingerprint density at radius 1 is 1.26 bits per heavy atom. The van der Waals surface area contributed by atoms with Crippen molar-refractivity contribution in [2.45, 2.75) is 32.0 Å². The fourth-order valence-corrected chi connectivity index (χ4v) is 4.58. The van der Waals surface area contributed by atoms with Gasteiger partial charge in [-0.2, -0.15) is 22.9 Å². The Morgan fingerprint density at radius 3 is 2.66 bits per heavy atom. The number of alkyl halides is 3. The van der Waals surface area contributed by atoms with Gasteiger partial charge in [0.2, 0.25) is 5.95 Å². The SMILES string of the molecule is Cn1c(Nc2c(F)cccc2Cl)nc2cc(C(=O)N=c3ccc(C(F)(F)F)cn3O)c3c(c21)CC(C)(C)O3. The van der Waals surface area contributed by atoms with Gasteiger partial charge < -0.3 is 19.8 Å². The molecule has 5 rings (SSSR count). The predicted molar refractivity (Wildman–Crippen MR) is 130 cm³/mol. The summed E-state index contributed by atoms with van der Waals surface area (Å²) in [6.07, 6.45) is -3.86. The van der Waals surface area contributed by atoms with E-state index in [1.165, 1.54) is 24.3 Å². The Balaban J connectivity index is 1.64. The summed E-state index contributed by atoms with van der Waals surface area (Å²) in [5.74, 6) is -0.953. The van der Waals surface area contributed by atoms with E-state index in [9.17, 15) is 27.6 Å². The molecule has 1 aliphatic heterocycles. The zero-order valence-corrected chi connectivity index (χ0v) is 20.9. The summed E-state index contributed by atoms with van der Waals surface area (Å²) >= 11 is 6.15. The van der Waals surface area contributed by atoms with Crippen LogP contribution < -0.4 is 15.5 Å². The summed E-state index contributed by atoms with van der Waals surface area (Å²) < 4.78 is 61.1. The van der Waals surface area contributed by atoms with E-state index in [-0.39, 0.29) is 32.7 Å². The highest BCUT2D eigenvalue weighted by molar-refractivity contribution is 6.33. The topological polar surface area (TPSA) is 93.7 Å². The van der Waals surface area contributed by atoms with Crippen LogP contribution in [0.4, 0.5) is 29.2 Å². The lowest BCUT2D eigenvalue weighted by Gasteiger charge is -2.17. The molecule has 0 aliphatic carbocycles. The summed E-state index contributed by atoms with van der Waals surface area (Å²) in [4.78, 5) is 21.6. The first-order chi connectivity index (χ1) is 17.7. The second kappa shape index (κ2) is 8.76. The number of aryl methyl sites for hydroxylation is 1. The van der Waals surface area contributed by atoms with Gasteiger partial charge >= 0.3 is 6.18 Å². The number of ether oxygens (including phenoxy) is 1. The molecule has 2 N–H and O–H groups in total. The van der Waals surface area contributed by atoms with Crippen molar-refractivity contribution in [3.63, 3.8) is 0 Å². The molecular formula is C25H20ClF4N5O3. The van der Waals surface area contributed by atoms with E-state index >= 15 is 0 Å². The molecule has 0 unspecified atom stereocenters. The molecule has 0 fully saturated rings. The van der Waals surface area contributed by atoms with Crippen LogP contribution in [0, 0.1) is 5.82 Å². The van der Waals surface area contributed by atoms with Crippen molar-refractivity contribution in [2.24, 2.45) is 12.0 Å². The number of amides is 1. The van der Waals surface area contributed by atoms with Crippen LogP contribution in [0.15, 0.2) is 47.6 Å². The Kier molecular flexibility index (Phi) is 5.90. The molecule has 4 aromatic rings. The van der Waals surface area contributed by atoms with Crippen molar-refractivity contribution >= 4 is 40.2 Å². The normalized spacial score (nSPS) is 15.0. The maximum atomic E-state index is 14.4. The smallest absolute Gasteiger partial charge is 0.417 e. The monoisotopic (exact) mass is 549 g/mol. The highest BCUT2D eigenvalue weighted by atomic mass is 35.5. The standard InChI is InChI=1S/C25H20ClF4N5O3/c1-24(2)10-14-20-17(31-23(34(20)3)33-19-15(26)5-4-6-16(19)27)9-13(21(14)38-24)22(36)32-18-8-7-12(11-35(18)37)25(28,29)30/h4-9,11,37H,10H2,1-3H3,(H,31,33). The van der Waals surface area contributed by atoms with Crippen LogP contribution in [0.1, 0.15) is 35.3 Å². The molecule has 0 spiro atoms. The van der Waals surface area contributed by atoms with E-state index in [2.05, 4.69) is 15.3 Å². The summed E-state index contributed by atoms with van der Waals surface area (Å²) in [5, 5.41) is 13.0. The molecule has 3 heterocycles. The summed E-state index contributed by atoms with van der Waals surface area (Å²) in [6, 6.07) is 7.26. The van der Waals surface area contributed by atoms with Gasteiger partial charge in [-0.05, 0) is 44.2 Å². The fraction of sp³-hybridized carbons (Fsp3) is 0.240. The van der Waals surface area contributed by atoms with E-state index in [1.54, 1.807) is 11.6 Å². The molecule has 0 radical (unpaired) electrons. The molecule has 0 saturated heterocycles. The number of fused-ring (bicyclic) bond motifs is 3. The van der Waals surface area contributed by atoms with Crippen molar-refractivity contribution in [2.75, 3.05) is 5.32 Å². The van der Waals surface area contributed by atoms with E-state index in [0.717, 1.165) is 6.07 Å². The number of hydrogen-bond acceptors (Lipinski definition) is 5. The first-order valence-electron chi connectivity index (χ1n) is 11.3. The number of anilines is 2. The van der Waals surface area contributed by atoms with Crippen LogP contribution in [0.2, 0.25) is 5.02 Å². The number of nitrogens with one attached hydrogen (secondary N) is 1. The van der Waals surface area contributed by atoms with Gasteiger partial charge in [-0.15, -0.1) is 0 Å². The van der Waals surface area contributed by atoms with Gasteiger partial charge in [0.05, 0.1) is 39.1 Å². The lowest BCUT2D eigenvalue weighted by Crippen LogP contribution is -2.25. The van der Waals surface area contributed by atoms with Gasteiger partial charge in [0.25, 0.3) is 5.91 Å². The molecule has 198 valence electrons. The average molecular weight is 550 g/mol. The van der Waals surface area contributed by atoms with Crippen molar-refractivity contribution in [1.82, 2.24) is 14.3 Å². The lowest BCUT2D eigenvalue weighted by atomic mass is 9.98. The number of hydrogen-bond donors (Lipinski definition) is 2. The van der Waals surface area contributed by atoms with E-state index < -0.39 is 34.6 Å². The summed E-state index contributed by atoms with van der Waals surface area (Å²) in [6.45, 7) is 3.66. The Morgan fingerprint density at radius 2 is 2.00 bits per heavy atom. The minimum absolute atomic E-state index is 0.00606. The maximum Gasteiger partial charge on any atom is 0.417 e. The van der Waals surface area contributed by atoms with Gasteiger partial charge in [-0.3, -0.25) is 4.79 Å². The van der Waals surface area contributed by atoms with Crippen molar-refractivity contribution in [3.8, 4) is 5.75 Å². The van der Waals surface area contributed by atoms with Crippen molar-refractivity contribution in [3.05, 3.63) is 75.6 Å². The minimum Gasteiger partial charge on any atom is -0.486 e. The molecule has 0 atom stereocenters. The van der Waals surface area contributed by atoms with E-state index in [1.807, 2.05) is 13.8 Å². The van der Waals surface area contributed by atoms with E-state index in [4.69, 9.17) is 16.3 Å². The van der Waals surface area contributed by atoms with Crippen molar-refractivity contribution < 1.29 is 32.3 Å². The zero-order valence-electron chi connectivity index (χ0n) is 20.2. The minimum atomic E-state index is -4.68. The molecule has 1 aliphatic rings. The number of halogens is 5.